The van der Waals surface area contributed by atoms with Crippen molar-refractivity contribution in [3.63, 3.8) is 0 Å². The molecule has 11 heteroatoms. The summed E-state index contributed by atoms with van der Waals surface area (Å²) in [6, 6.07) is 12.6. The van der Waals surface area contributed by atoms with E-state index in [9.17, 15) is 4.79 Å². The fraction of sp³-hybridized carbons (Fsp3) is 0.433. The highest BCUT2D eigenvalue weighted by Gasteiger charge is 2.28. The second kappa shape index (κ2) is 14.6. The van der Waals surface area contributed by atoms with Crippen LogP contribution in [-0.4, -0.2) is 102 Å². The summed E-state index contributed by atoms with van der Waals surface area (Å²) in [6.07, 6.45) is 8.86. The van der Waals surface area contributed by atoms with Crippen molar-refractivity contribution in [3.05, 3.63) is 60.6 Å². The normalized spacial score (nSPS) is 21.7. The Hall–Kier alpha value is -3.93. The van der Waals surface area contributed by atoms with Crippen LogP contribution in [0.3, 0.4) is 0 Å². The van der Waals surface area contributed by atoms with Crippen LogP contribution >= 0.6 is 0 Å². The Kier molecular flexibility index (Phi) is 10.2. The van der Waals surface area contributed by atoms with Crippen molar-refractivity contribution >= 4 is 29.6 Å². The molecule has 0 spiro atoms. The third-order valence-electron chi connectivity index (χ3n) is 7.23. The SMILES string of the molecule is CN=CCCOCC1CN2CCN1Cc1cccc(c1)Nc1cc(ccn1)-c1cnc(nc1)NCCCNC(=O)C2. The highest BCUT2D eigenvalue weighted by Crippen LogP contribution is 2.24. The Morgan fingerprint density at radius 1 is 1.05 bits per heavy atom. The fourth-order valence-corrected chi connectivity index (χ4v) is 5.10. The van der Waals surface area contributed by atoms with Gasteiger partial charge in [0.15, 0.2) is 0 Å². The van der Waals surface area contributed by atoms with Crippen molar-refractivity contribution in [2.45, 2.75) is 25.4 Å². The number of ether oxygens (including phenoxy) is 1. The lowest BCUT2D eigenvalue weighted by Crippen LogP contribution is -2.56. The van der Waals surface area contributed by atoms with Gasteiger partial charge in [-0.15, -0.1) is 0 Å². The summed E-state index contributed by atoms with van der Waals surface area (Å²) in [5, 5.41) is 9.75. The second-order valence-corrected chi connectivity index (χ2v) is 10.3. The molecule has 3 unspecified atom stereocenters. The quantitative estimate of drug-likeness (QED) is 0.321. The smallest absolute Gasteiger partial charge is 0.234 e. The van der Waals surface area contributed by atoms with E-state index < -0.39 is 0 Å². The molecule has 5 aliphatic heterocycles. The predicted octanol–water partition coefficient (Wildman–Crippen LogP) is 2.81. The number of amides is 1. The van der Waals surface area contributed by atoms with Gasteiger partial charge in [-0.25, -0.2) is 15.0 Å². The van der Waals surface area contributed by atoms with Crippen molar-refractivity contribution in [1.29, 1.82) is 0 Å². The van der Waals surface area contributed by atoms with E-state index >= 15 is 0 Å². The van der Waals surface area contributed by atoms with E-state index in [-0.39, 0.29) is 11.9 Å². The largest absolute Gasteiger partial charge is 0.379 e. The average molecular weight is 558 g/mol. The van der Waals surface area contributed by atoms with Crippen molar-refractivity contribution in [1.82, 2.24) is 30.1 Å². The van der Waals surface area contributed by atoms with Crippen molar-refractivity contribution < 1.29 is 9.53 Å². The Balaban J connectivity index is 1.35. The molecule has 41 heavy (non-hydrogen) atoms. The molecule has 1 amide bonds. The number of nitrogens with one attached hydrogen (secondary N) is 3. The first-order valence-electron chi connectivity index (χ1n) is 14.3. The molecular weight excluding hydrogens is 518 g/mol. The van der Waals surface area contributed by atoms with Gasteiger partial charge in [-0.2, -0.15) is 0 Å². The molecule has 8 rings (SSSR count). The van der Waals surface area contributed by atoms with E-state index in [0.717, 1.165) is 61.7 Å². The highest BCUT2D eigenvalue weighted by molar-refractivity contribution is 5.78. The molecule has 11 nitrogen and oxygen atoms in total. The van der Waals surface area contributed by atoms with Gasteiger partial charge in [0, 0.05) is 94.8 Å². The second-order valence-electron chi connectivity index (χ2n) is 10.3. The van der Waals surface area contributed by atoms with Gasteiger partial charge in [0.1, 0.15) is 5.82 Å². The summed E-state index contributed by atoms with van der Waals surface area (Å²) in [5.41, 5.74) is 4.07. The maximum Gasteiger partial charge on any atom is 0.234 e. The number of hydrogen-bond acceptors (Lipinski definition) is 10. The molecule has 216 valence electrons. The number of piperazine rings is 1. The summed E-state index contributed by atoms with van der Waals surface area (Å²) in [5.74, 6) is 1.37. The van der Waals surface area contributed by atoms with E-state index in [0.29, 0.717) is 38.8 Å². The Labute approximate surface area is 241 Å². The minimum absolute atomic E-state index is 0.0467. The third kappa shape index (κ3) is 8.53. The van der Waals surface area contributed by atoms with Crippen LogP contribution < -0.4 is 16.0 Å². The number of carbonyl (C=O) groups excluding carboxylic acids is 1. The lowest BCUT2D eigenvalue weighted by atomic mass is 10.1. The summed E-state index contributed by atoms with van der Waals surface area (Å²) < 4.78 is 6.04. The van der Waals surface area contributed by atoms with Crippen LogP contribution in [0.2, 0.25) is 0 Å². The van der Waals surface area contributed by atoms with E-state index in [4.69, 9.17) is 4.74 Å². The topological polar surface area (TPSA) is 120 Å². The van der Waals surface area contributed by atoms with Gasteiger partial charge in [0.25, 0.3) is 0 Å². The lowest BCUT2D eigenvalue weighted by Gasteiger charge is -2.41. The lowest BCUT2D eigenvalue weighted by molar-refractivity contribution is -0.123. The molecular formula is C30H39N9O2. The zero-order valence-corrected chi connectivity index (χ0v) is 23.6. The highest BCUT2D eigenvalue weighted by atomic mass is 16.5. The average Bonchev–Trinajstić information content (AvgIpc) is 2.98. The first-order chi connectivity index (χ1) is 20.2. The zero-order valence-electron chi connectivity index (χ0n) is 23.6. The van der Waals surface area contributed by atoms with Crippen LogP contribution in [0, 0.1) is 0 Å². The molecule has 1 fully saturated rings. The number of rotatable bonds is 5. The van der Waals surface area contributed by atoms with Gasteiger partial charge >= 0.3 is 0 Å². The van der Waals surface area contributed by atoms with Gasteiger partial charge in [-0.1, -0.05) is 12.1 Å². The maximum absolute atomic E-state index is 12.7. The van der Waals surface area contributed by atoms with E-state index in [2.05, 4.69) is 70.0 Å². The van der Waals surface area contributed by atoms with Crippen molar-refractivity contribution in [2.24, 2.45) is 4.99 Å². The number of aliphatic imine (C=N–C) groups is 1. The van der Waals surface area contributed by atoms with Gasteiger partial charge < -0.3 is 25.7 Å². The summed E-state index contributed by atoms with van der Waals surface area (Å²) in [6.45, 7) is 6.16. The molecule has 1 saturated heterocycles. The minimum atomic E-state index is 0.0467. The minimum Gasteiger partial charge on any atom is -0.379 e. The fourth-order valence-electron chi connectivity index (χ4n) is 5.10. The molecule has 2 aromatic heterocycles. The Morgan fingerprint density at radius 2 is 1.93 bits per heavy atom. The van der Waals surface area contributed by atoms with Gasteiger partial charge in [-0.05, 0) is 41.8 Å². The van der Waals surface area contributed by atoms with Crippen LogP contribution in [0.5, 0.6) is 0 Å². The molecule has 0 aliphatic carbocycles. The molecule has 1 aromatic carbocycles. The van der Waals surface area contributed by atoms with Crippen molar-refractivity contribution in [3.8, 4) is 11.1 Å². The van der Waals surface area contributed by atoms with Gasteiger partial charge in [0.05, 0.1) is 19.8 Å². The number of pyridine rings is 1. The number of benzene rings is 1. The molecule has 5 aliphatic rings. The van der Waals surface area contributed by atoms with E-state index in [1.54, 1.807) is 13.2 Å². The van der Waals surface area contributed by atoms with Crippen LogP contribution in [0.4, 0.5) is 17.5 Å². The Bertz CT molecular complexity index is 1300. The van der Waals surface area contributed by atoms with Crippen LogP contribution in [0.25, 0.3) is 11.1 Å². The summed E-state index contributed by atoms with van der Waals surface area (Å²) in [4.78, 5) is 34.9. The molecule has 3 aromatic rings. The molecule has 3 atom stereocenters. The van der Waals surface area contributed by atoms with Crippen molar-refractivity contribution in [2.75, 3.05) is 70.2 Å². The molecule has 8 bridgehead atoms. The van der Waals surface area contributed by atoms with E-state index in [1.807, 2.05) is 30.7 Å². The first kappa shape index (κ1) is 28.6. The summed E-state index contributed by atoms with van der Waals surface area (Å²) >= 11 is 0. The van der Waals surface area contributed by atoms with Crippen LogP contribution in [0.15, 0.2) is 60.0 Å². The van der Waals surface area contributed by atoms with Gasteiger partial charge in [-0.3, -0.25) is 14.6 Å². The number of anilines is 3. The van der Waals surface area contributed by atoms with Gasteiger partial charge in [0.2, 0.25) is 11.9 Å². The molecule has 7 heterocycles. The van der Waals surface area contributed by atoms with Crippen LogP contribution in [0.1, 0.15) is 18.4 Å². The molecule has 0 saturated carbocycles. The van der Waals surface area contributed by atoms with E-state index in [1.165, 1.54) is 5.56 Å². The first-order valence-corrected chi connectivity index (χ1v) is 14.3. The zero-order chi connectivity index (χ0) is 28.3. The maximum atomic E-state index is 12.7. The third-order valence-corrected chi connectivity index (χ3v) is 7.23. The van der Waals surface area contributed by atoms with Crippen LogP contribution in [-0.2, 0) is 16.1 Å². The number of aromatic nitrogens is 3. The number of nitrogens with zero attached hydrogens (tertiary/aromatic N) is 6. The molecule has 0 radical (unpaired) electrons. The standard InChI is InChI=1S/C30H39N9O2/c1-31-8-4-14-41-22-27-20-38-12-13-39(27)19-23-5-2-6-26(15-23)37-28-16-24(7-11-32-28)25-17-35-30(36-18-25)34-10-3-9-33-29(40)21-38/h2,5-8,11,15-18,27H,3-4,9-10,12-14,19-22H2,1H3,(H,32,37)(H,33,40)(H,34,35,36). The summed E-state index contributed by atoms with van der Waals surface area (Å²) in [7, 11) is 1.78. The predicted molar refractivity (Wildman–Crippen MR) is 162 cm³/mol. The number of carbonyl (C=O) groups is 1. The Morgan fingerprint density at radius 3 is 2.80 bits per heavy atom. The molecule has 3 N–H and O–H groups in total. The monoisotopic (exact) mass is 557 g/mol. The number of hydrogen-bond donors (Lipinski definition) is 3.